The monoisotopic (exact) mass is 370 g/mol. The molecule has 0 amide bonds. The lowest BCUT2D eigenvalue weighted by Crippen LogP contribution is -2.13. The molecule has 0 bridgehead atoms. The van der Waals surface area contributed by atoms with Crippen LogP contribution in [0.2, 0.25) is 0 Å². The van der Waals surface area contributed by atoms with E-state index in [1.165, 1.54) is 25.7 Å². The molecule has 5 heteroatoms. The Labute approximate surface area is 156 Å². The van der Waals surface area contributed by atoms with Gasteiger partial charge in [0.1, 0.15) is 0 Å². The van der Waals surface area contributed by atoms with Gasteiger partial charge in [0.15, 0.2) is 0 Å². The maximum Gasteiger partial charge on any atom is 0.261 e. The van der Waals surface area contributed by atoms with Crippen LogP contribution in [-0.2, 0) is 10.0 Å². The molecule has 0 heterocycles. The Balaban J connectivity index is 1.56. The van der Waals surface area contributed by atoms with E-state index in [0.29, 0.717) is 5.69 Å². The van der Waals surface area contributed by atoms with Crippen LogP contribution in [0.3, 0.4) is 0 Å². The molecular formula is C21H26N2O2S. The summed E-state index contributed by atoms with van der Waals surface area (Å²) < 4.78 is 27.5. The molecule has 0 aliphatic heterocycles. The van der Waals surface area contributed by atoms with Gasteiger partial charge in [-0.05, 0) is 81.0 Å². The summed E-state index contributed by atoms with van der Waals surface area (Å²) in [6.45, 7) is 2.78. The Hall–Kier alpha value is -2.27. The van der Waals surface area contributed by atoms with E-state index in [0.717, 1.165) is 24.2 Å². The predicted molar refractivity (Wildman–Crippen MR) is 108 cm³/mol. The minimum Gasteiger partial charge on any atom is -0.385 e. The van der Waals surface area contributed by atoms with Crippen LogP contribution in [0.5, 0.6) is 0 Å². The van der Waals surface area contributed by atoms with Crippen molar-refractivity contribution in [3.8, 4) is 0 Å². The van der Waals surface area contributed by atoms with E-state index in [2.05, 4.69) is 16.1 Å². The number of aryl methyl sites for hydroxylation is 1. The number of hydrogen-bond donors (Lipinski definition) is 2. The summed E-state index contributed by atoms with van der Waals surface area (Å²) in [6.07, 6.45) is 8.50. The topological polar surface area (TPSA) is 58.2 Å². The Morgan fingerprint density at radius 3 is 2.46 bits per heavy atom. The van der Waals surface area contributed by atoms with Crippen LogP contribution in [0.4, 0.5) is 11.4 Å². The molecule has 138 valence electrons. The van der Waals surface area contributed by atoms with Gasteiger partial charge < -0.3 is 5.32 Å². The zero-order chi connectivity index (χ0) is 18.4. The van der Waals surface area contributed by atoms with E-state index < -0.39 is 10.0 Å². The molecule has 0 saturated carbocycles. The second-order valence-electron chi connectivity index (χ2n) is 6.78. The molecule has 2 aromatic carbocycles. The molecule has 0 spiro atoms. The zero-order valence-electron chi connectivity index (χ0n) is 15.2. The lowest BCUT2D eigenvalue weighted by molar-refractivity contribution is 0.601. The summed E-state index contributed by atoms with van der Waals surface area (Å²) in [5.74, 6) is 0. The molecule has 0 unspecified atom stereocenters. The molecule has 0 aromatic heterocycles. The maximum absolute atomic E-state index is 12.5. The van der Waals surface area contributed by atoms with Crippen molar-refractivity contribution in [2.75, 3.05) is 16.6 Å². The van der Waals surface area contributed by atoms with E-state index in [1.54, 1.807) is 35.9 Å². The molecule has 0 radical (unpaired) electrons. The smallest absolute Gasteiger partial charge is 0.261 e. The zero-order valence-corrected chi connectivity index (χ0v) is 16.0. The molecule has 1 aliphatic carbocycles. The molecular weight excluding hydrogens is 344 g/mol. The summed E-state index contributed by atoms with van der Waals surface area (Å²) in [5.41, 5.74) is 4.03. The molecule has 1 aliphatic rings. The van der Waals surface area contributed by atoms with Crippen LogP contribution in [0, 0.1) is 6.92 Å². The number of sulfonamides is 1. The van der Waals surface area contributed by atoms with Gasteiger partial charge in [-0.1, -0.05) is 23.8 Å². The van der Waals surface area contributed by atoms with E-state index in [-0.39, 0.29) is 4.90 Å². The fraction of sp³-hybridized carbons (Fsp3) is 0.333. The van der Waals surface area contributed by atoms with Gasteiger partial charge in [-0.2, -0.15) is 0 Å². The van der Waals surface area contributed by atoms with Crippen LogP contribution in [0.1, 0.15) is 37.7 Å². The second kappa shape index (κ2) is 8.41. The van der Waals surface area contributed by atoms with Crippen LogP contribution >= 0.6 is 0 Å². The summed E-state index contributed by atoms with van der Waals surface area (Å²) in [7, 11) is -3.56. The molecule has 0 saturated heterocycles. The highest BCUT2D eigenvalue weighted by atomic mass is 32.2. The summed E-state index contributed by atoms with van der Waals surface area (Å²) in [5, 5.41) is 3.40. The number of rotatable bonds is 7. The van der Waals surface area contributed by atoms with Crippen molar-refractivity contribution in [2.45, 2.75) is 43.9 Å². The van der Waals surface area contributed by atoms with Crippen molar-refractivity contribution >= 4 is 21.4 Å². The SMILES string of the molecule is Cc1cccc(S(=O)(=O)Nc2ccc(NCCC3=CCCCC3)cc2)c1. The lowest BCUT2D eigenvalue weighted by Gasteiger charge is -2.14. The summed E-state index contributed by atoms with van der Waals surface area (Å²) in [6, 6.07) is 14.3. The molecule has 0 fully saturated rings. The van der Waals surface area contributed by atoms with Crippen LogP contribution in [0.25, 0.3) is 0 Å². The lowest BCUT2D eigenvalue weighted by atomic mass is 9.97. The van der Waals surface area contributed by atoms with Crippen molar-refractivity contribution in [1.82, 2.24) is 0 Å². The fourth-order valence-electron chi connectivity index (χ4n) is 3.15. The Kier molecular flexibility index (Phi) is 5.99. The third kappa shape index (κ3) is 5.11. The standard InChI is InChI=1S/C21H26N2O2S/c1-17-6-5-9-21(16-17)26(24,25)23-20-12-10-19(11-13-20)22-15-14-18-7-3-2-4-8-18/h5-7,9-13,16,22-23H,2-4,8,14-15H2,1H3. The third-order valence-corrected chi connectivity index (χ3v) is 5.98. The quantitative estimate of drug-likeness (QED) is 0.667. The highest BCUT2D eigenvalue weighted by Gasteiger charge is 2.14. The average Bonchev–Trinajstić information content (AvgIpc) is 2.64. The number of allylic oxidation sites excluding steroid dienone is 1. The highest BCUT2D eigenvalue weighted by molar-refractivity contribution is 7.92. The number of benzene rings is 2. The van der Waals surface area contributed by atoms with Gasteiger partial charge in [0.05, 0.1) is 4.90 Å². The average molecular weight is 371 g/mol. The summed E-state index contributed by atoms with van der Waals surface area (Å²) >= 11 is 0. The molecule has 2 N–H and O–H groups in total. The predicted octanol–water partition coefficient (Wildman–Crippen LogP) is 5.10. The van der Waals surface area contributed by atoms with Gasteiger partial charge >= 0.3 is 0 Å². The normalized spacial score (nSPS) is 14.6. The molecule has 0 atom stereocenters. The molecule has 3 rings (SSSR count). The summed E-state index contributed by atoms with van der Waals surface area (Å²) in [4.78, 5) is 0.278. The van der Waals surface area contributed by atoms with Gasteiger partial charge in [0.2, 0.25) is 0 Å². The van der Waals surface area contributed by atoms with Gasteiger partial charge in [-0.3, -0.25) is 4.72 Å². The maximum atomic E-state index is 12.5. The number of nitrogens with one attached hydrogen (secondary N) is 2. The largest absolute Gasteiger partial charge is 0.385 e. The van der Waals surface area contributed by atoms with Crippen LogP contribution < -0.4 is 10.0 Å². The van der Waals surface area contributed by atoms with E-state index >= 15 is 0 Å². The highest BCUT2D eigenvalue weighted by Crippen LogP contribution is 2.21. The van der Waals surface area contributed by atoms with E-state index in [4.69, 9.17) is 0 Å². The van der Waals surface area contributed by atoms with Gasteiger partial charge in [-0.25, -0.2) is 8.42 Å². The fourth-order valence-corrected chi connectivity index (χ4v) is 4.31. The van der Waals surface area contributed by atoms with Gasteiger partial charge in [-0.15, -0.1) is 0 Å². The molecule has 2 aromatic rings. The van der Waals surface area contributed by atoms with Crippen molar-refractivity contribution in [3.63, 3.8) is 0 Å². The Morgan fingerprint density at radius 2 is 1.77 bits per heavy atom. The Morgan fingerprint density at radius 1 is 1.00 bits per heavy atom. The first-order chi connectivity index (χ1) is 12.5. The van der Waals surface area contributed by atoms with Gasteiger partial charge in [0.25, 0.3) is 10.0 Å². The van der Waals surface area contributed by atoms with E-state index in [9.17, 15) is 8.42 Å². The molecule has 26 heavy (non-hydrogen) atoms. The first kappa shape index (κ1) is 18.5. The minimum absolute atomic E-state index is 0.278. The molecule has 4 nitrogen and oxygen atoms in total. The van der Waals surface area contributed by atoms with E-state index in [1.807, 2.05) is 25.1 Å². The van der Waals surface area contributed by atoms with Crippen LogP contribution in [-0.4, -0.2) is 15.0 Å². The minimum atomic E-state index is -3.56. The number of hydrogen-bond acceptors (Lipinski definition) is 3. The second-order valence-corrected chi connectivity index (χ2v) is 8.47. The van der Waals surface area contributed by atoms with Crippen molar-refractivity contribution < 1.29 is 8.42 Å². The first-order valence-electron chi connectivity index (χ1n) is 9.14. The van der Waals surface area contributed by atoms with Crippen molar-refractivity contribution in [2.24, 2.45) is 0 Å². The van der Waals surface area contributed by atoms with Crippen molar-refractivity contribution in [3.05, 3.63) is 65.7 Å². The number of anilines is 2. The van der Waals surface area contributed by atoms with Crippen molar-refractivity contribution in [1.29, 1.82) is 0 Å². The van der Waals surface area contributed by atoms with Crippen LogP contribution in [0.15, 0.2) is 65.1 Å². The third-order valence-electron chi connectivity index (χ3n) is 4.60. The first-order valence-corrected chi connectivity index (χ1v) is 10.6. The Bertz CT molecular complexity index is 871. The van der Waals surface area contributed by atoms with Gasteiger partial charge in [0, 0.05) is 17.9 Å².